The first kappa shape index (κ1) is 20.9. The molecule has 2 amide bonds. The highest BCUT2D eigenvalue weighted by Crippen LogP contribution is 2.25. The van der Waals surface area contributed by atoms with Gasteiger partial charge in [0, 0.05) is 43.2 Å². The molecule has 31 heavy (non-hydrogen) atoms. The van der Waals surface area contributed by atoms with Crippen LogP contribution in [0.3, 0.4) is 0 Å². The molecule has 3 heterocycles. The Morgan fingerprint density at radius 2 is 2.13 bits per heavy atom. The first-order valence-electron chi connectivity index (χ1n) is 9.87. The predicted octanol–water partition coefficient (Wildman–Crippen LogP) is 3.51. The van der Waals surface area contributed by atoms with E-state index in [9.17, 15) is 14.0 Å². The second-order valence-corrected chi connectivity index (χ2v) is 8.13. The molecule has 4 rings (SSSR count). The van der Waals surface area contributed by atoms with E-state index in [0.717, 1.165) is 22.4 Å². The van der Waals surface area contributed by atoms with Crippen LogP contribution in [0, 0.1) is 12.7 Å². The van der Waals surface area contributed by atoms with Crippen LogP contribution in [0.4, 0.5) is 4.39 Å². The van der Waals surface area contributed by atoms with Crippen LogP contribution in [0.2, 0.25) is 0 Å². The van der Waals surface area contributed by atoms with Crippen LogP contribution in [0.25, 0.3) is 6.08 Å². The maximum absolute atomic E-state index is 13.7. The van der Waals surface area contributed by atoms with E-state index in [-0.39, 0.29) is 17.6 Å². The molecule has 0 aliphatic carbocycles. The fraction of sp³-hybridized carbons (Fsp3) is 0.217. The fourth-order valence-electron chi connectivity index (χ4n) is 3.62. The minimum atomic E-state index is -0.374. The van der Waals surface area contributed by atoms with Crippen LogP contribution in [0.15, 0.2) is 48.2 Å². The standard InChI is InChI=1S/C23H21FN4O2S/c1-15-19(11-27-22(29)7-6-16-4-2-3-5-20(16)24)18-8-9-28(13-17(18)10-26-15)23(30)21-12-25-14-31-21/h2-7,10,12,14H,8-9,11,13H2,1H3,(H,27,29)/b7-6+. The van der Waals surface area contributed by atoms with Crippen molar-refractivity contribution in [2.45, 2.75) is 26.4 Å². The number of rotatable bonds is 5. The molecular weight excluding hydrogens is 415 g/mol. The lowest BCUT2D eigenvalue weighted by atomic mass is 9.94. The quantitative estimate of drug-likeness (QED) is 0.621. The average Bonchev–Trinajstić information content (AvgIpc) is 3.32. The number of carbonyl (C=O) groups is 2. The largest absolute Gasteiger partial charge is 0.348 e. The fourth-order valence-corrected chi connectivity index (χ4v) is 4.20. The van der Waals surface area contributed by atoms with Crippen molar-refractivity contribution >= 4 is 29.2 Å². The lowest BCUT2D eigenvalue weighted by Crippen LogP contribution is -2.36. The van der Waals surface area contributed by atoms with Gasteiger partial charge in [0.1, 0.15) is 10.7 Å². The molecule has 0 atom stereocenters. The Morgan fingerprint density at radius 1 is 1.29 bits per heavy atom. The van der Waals surface area contributed by atoms with E-state index in [4.69, 9.17) is 0 Å². The predicted molar refractivity (Wildman–Crippen MR) is 117 cm³/mol. The summed E-state index contributed by atoms with van der Waals surface area (Å²) in [4.78, 5) is 35.8. The Labute approximate surface area is 183 Å². The second kappa shape index (κ2) is 9.18. The van der Waals surface area contributed by atoms with Gasteiger partial charge in [-0.05, 0) is 42.2 Å². The number of amides is 2. The summed E-state index contributed by atoms with van der Waals surface area (Å²) in [6, 6.07) is 6.29. The van der Waals surface area contributed by atoms with Crippen molar-refractivity contribution in [3.63, 3.8) is 0 Å². The van der Waals surface area contributed by atoms with E-state index in [1.807, 2.05) is 6.92 Å². The number of aromatic nitrogens is 2. The van der Waals surface area contributed by atoms with Crippen molar-refractivity contribution in [2.24, 2.45) is 0 Å². The first-order chi connectivity index (χ1) is 15.0. The van der Waals surface area contributed by atoms with Crippen LogP contribution in [-0.4, -0.2) is 33.2 Å². The topological polar surface area (TPSA) is 75.2 Å². The summed E-state index contributed by atoms with van der Waals surface area (Å²) in [6.45, 7) is 3.31. The number of hydrogen-bond acceptors (Lipinski definition) is 5. The number of carbonyl (C=O) groups excluding carboxylic acids is 2. The van der Waals surface area contributed by atoms with Crippen LogP contribution in [0.5, 0.6) is 0 Å². The summed E-state index contributed by atoms with van der Waals surface area (Å²) in [6.07, 6.45) is 6.87. The Hall–Kier alpha value is -3.39. The highest BCUT2D eigenvalue weighted by Gasteiger charge is 2.25. The Morgan fingerprint density at radius 3 is 2.90 bits per heavy atom. The number of benzene rings is 1. The van der Waals surface area contributed by atoms with Crippen molar-refractivity contribution < 1.29 is 14.0 Å². The van der Waals surface area contributed by atoms with E-state index in [1.165, 1.54) is 29.6 Å². The number of aryl methyl sites for hydroxylation is 1. The van der Waals surface area contributed by atoms with E-state index in [1.54, 1.807) is 41.0 Å². The van der Waals surface area contributed by atoms with E-state index in [0.29, 0.717) is 36.5 Å². The molecule has 0 fully saturated rings. The molecule has 0 radical (unpaired) electrons. The van der Waals surface area contributed by atoms with Crippen LogP contribution < -0.4 is 5.32 Å². The molecule has 0 unspecified atom stereocenters. The molecule has 6 nitrogen and oxygen atoms in total. The maximum Gasteiger partial charge on any atom is 0.265 e. The van der Waals surface area contributed by atoms with Gasteiger partial charge >= 0.3 is 0 Å². The number of halogens is 1. The van der Waals surface area contributed by atoms with Gasteiger partial charge in [0.2, 0.25) is 5.91 Å². The minimum absolute atomic E-state index is 0.0261. The van der Waals surface area contributed by atoms with Gasteiger partial charge in [-0.25, -0.2) is 4.39 Å². The average molecular weight is 437 g/mol. The molecule has 0 saturated heterocycles. The smallest absolute Gasteiger partial charge is 0.265 e. The lowest BCUT2D eigenvalue weighted by molar-refractivity contribution is -0.116. The summed E-state index contributed by atoms with van der Waals surface area (Å²) in [5, 5.41) is 2.86. The summed E-state index contributed by atoms with van der Waals surface area (Å²) in [5.41, 5.74) is 5.94. The third kappa shape index (κ3) is 4.69. The summed E-state index contributed by atoms with van der Waals surface area (Å²) in [7, 11) is 0. The molecule has 1 aliphatic rings. The van der Waals surface area contributed by atoms with Crippen LogP contribution in [0.1, 0.15) is 37.6 Å². The van der Waals surface area contributed by atoms with Gasteiger partial charge in [-0.3, -0.25) is 19.6 Å². The molecule has 0 saturated carbocycles. The first-order valence-corrected chi connectivity index (χ1v) is 10.8. The zero-order valence-corrected chi connectivity index (χ0v) is 17.8. The molecule has 3 aromatic rings. The summed E-state index contributed by atoms with van der Waals surface area (Å²) < 4.78 is 13.7. The molecule has 0 spiro atoms. The third-order valence-electron chi connectivity index (χ3n) is 5.28. The number of thiazole rings is 1. The lowest BCUT2D eigenvalue weighted by Gasteiger charge is -2.30. The van der Waals surface area contributed by atoms with Crippen LogP contribution in [-0.2, 0) is 24.3 Å². The Balaban J connectivity index is 1.44. The summed E-state index contributed by atoms with van der Waals surface area (Å²) in [5.74, 6) is -0.707. The van der Waals surface area contributed by atoms with Gasteiger partial charge < -0.3 is 10.2 Å². The Kier molecular flexibility index (Phi) is 6.18. The van der Waals surface area contributed by atoms with Crippen molar-refractivity contribution in [3.8, 4) is 0 Å². The van der Waals surface area contributed by atoms with Crippen molar-refractivity contribution in [1.82, 2.24) is 20.2 Å². The zero-order chi connectivity index (χ0) is 21.8. The van der Waals surface area contributed by atoms with E-state index >= 15 is 0 Å². The normalized spacial score (nSPS) is 13.3. The highest BCUT2D eigenvalue weighted by molar-refractivity contribution is 7.11. The SMILES string of the molecule is Cc1ncc2c(c1CNC(=O)/C=C/c1ccccc1F)CCN(C(=O)c1cncs1)C2. The van der Waals surface area contributed by atoms with Gasteiger partial charge in [0.05, 0.1) is 11.7 Å². The molecule has 1 aliphatic heterocycles. The number of hydrogen-bond donors (Lipinski definition) is 1. The minimum Gasteiger partial charge on any atom is -0.348 e. The zero-order valence-electron chi connectivity index (χ0n) is 17.0. The van der Waals surface area contributed by atoms with E-state index < -0.39 is 0 Å². The molecule has 158 valence electrons. The highest BCUT2D eigenvalue weighted by atomic mass is 32.1. The second-order valence-electron chi connectivity index (χ2n) is 7.24. The molecule has 1 N–H and O–H groups in total. The van der Waals surface area contributed by atoms with Crippen molar-refractivity contribution in [1.29, 1.82) is 0 Å². The van der Waals surface area contributed by atoms with Crippen molar-refractivity contribution in [3.05, 3.63) is 86.9 Å². The van der Waals surface area contributed by atoms with Gasteiger partial charge in [-0.15, -0.1) is 11.3 Å². The Bertz CT molecular complexity index is 1140. The molecule has 1 aromatic carbocycles. The summed E-state index contributed by atoms with van der Waals surface area (Å²) >= 11 is 1.33. The van der Waals surface area contributed by atoms with E-state index in [2.05, 4.69) is 15.3 Å². The molecule has 8 heteroatoms. The van der Waals surface area contributed by atoms with Gasteiger partial charge in [-0.1, -0.05) is 18.2 Å². The van der Waals surface area contributed by atoms with Gasteiger partial charge in [-0.2, -0.15) is 0 Å². The van der Waals surface area contributed by atoms with Gasteiger partial charge in [0.15, 0.2) is 0 Å². The number of nitrogens with zero attached hydrogens (tertiary/aromatic N) is 3. The van der Waals surface area contributed by atoms with Crippen LogP contribution >= 0.6 is 11.3 Å². The van der Waals surface area contributed by atoms with Gasteiger partial charge in [0.25, 0.3) is 5.91 Å². The van der Waals surface area contributed by atoms with Crippen molar-refractivity contribution in [2.75, 3.05) is 6.54 Å². The number of fused-ring (bicyclic) bond motifs is 1. The molecule has 2 aromatic heterocycles. The third-order valence-corrected chi connectivity index (χ3v) is 6.05. The number of nitrogens with one attached hydrogen (secondary N) is 1. The molecule has 0 bridgehead atoms. The number of pyridine rings is 1. The monoisotopic (exact) mass is 436 g/mol. The maximum atomic E-state index is 13.7. The molecular formula is C23H21FN4O2S.